The summed E-state index contributed by atoms with van der Waals surface area (Å²) in [5.74, 6) is -0.384. The summed E-state index contributed by atoms with van der Waals surface area (Å²) in [4.78, 5) is 63.1. The van der Waals surface area contributed by atoms with Crippen LogP contribution in [0.1, 0.15) is 65.5 Å². The Morgan fingerprint density at radius 2 is 1.52 bits per heavy atom. The van der Waals surface area contributed by atoms with Crippen molar-refractivity contribution in [1.82, 2.24) is 30.8 Å². The third kappa shape index (κ3) is 15.6. The third-order valence-electron chi connectivity index (χ3n) is 8.17. The lowest BCUT2D eigenvalue weighted by atomic mass is 10.0. The molecule has 4 rings (SSSR count). The Morgan fingerprint density at radius 3 is 2.10 bits per heavy atom. The van der Waals surface area contributed by atoms with Gasteiger partial charge in [-0.15, -0.1) is 0 Å². The number of nitrogens with zero attached hydrogens (tertiary/aromatic N) is 3. The average Bonchev–Trinajstić information content (AvgIpc) is 3.67. The highest BCUT2D eigenvalue weighted by atomic mass is 16.6. The number of benzene rings is 3. The summed E-state index contributed by atoms with van der Waals surface area (Å²) in [5, 5.41) is 11.1. The number of carbonyl (C=O) groups excluding carboxylic acids is 4. The summed E-state index contributed by atoms with van der Waals surface area (Å²) in [7, 11) is 1.25. The molecule has 3 aromatic carbocycles. The predicted octanol–water partition coefficient (Wildman–Crippen LogP) is 7.42. The van der Waals surface area contributed by atoms with E-state index in [9.17, 15) is 19.2 Å². The van der Waals surface area contributed by atoms with Gasteiger partial charge in [0.25, 0.3) is 0 Å². The van der Waals surface area contributed by atoms with E-state index in [1.54, 1.807) is 38.1 Å². The molecule has 0 spiro atoms. The number of carbonyl (C=O) groups is 4. The summed E-state index contributed by atoms with van der Waals surface area (Å²) in [5.41, 5.74) is 5.25. The summed E-state index contributed by atoms with van der Waals surface area (Å²) in [6.07, 6.45) is 4.37. The van der Waals surface area contributed by atoms with E-state index in [4.69, 9.17) is 4.74 Å². The van der Waals surface area contributed by atoms with Gasteiger partial charge in [0.1, 0.15) is 18.2 Å². The number of ether oxygens (including phenoxy) is 2. The average molecular weight is 795 g/mol. The second-order valence-corrected chi connectivity index (χ2v) is 14.3. The quantitative estimate of drug-likeness (QED) is 0.0541. The maximum absolute atomic E-state index is 13.3. The molecule has 0 aliphatic carbocycles. The smallest absolute Gasteiger partial charge is 0.408 e. The molecular weight excluding hydrogens is 737 g/mol. The van der Waals surface area contributed by atoms with Crippen molar-refractivity contribution in [2.45, 2.75) is 72.4 Å². The van der Waals surface area contributed by atoms with Gasteiger partial charge in [-0.3, -0.25) is 19.9 Å². The summed E-state index contributed by atoms with van der Waals surface area (Å²) >= 11 is 0. The second kappa shape index (κ2) is 23.6. The molecule has 0 saturated carbocycles. The number of aromatic amines is 1. The first-order valence-corrected chi connectivity index (χ1v) is 19.4. The number of methoxy groups -OCH3 is 1. The molecule has 0 fully saturated rings. The SMILES string of the molecule is C=N/C(=C\NCCN(CCC)C(=O)CNC(=O)OC)c1ccc(-c2ccc(-c3cnc(NC(=O)C(Cc4ccccc4)NC(=O)OC(C)(C)C)[nH]3)cc2)cc1.CCC. The van der Waals surface area contributed by atoms with Gasteiger partial charge in [0.05, 0.1) is 24.7 Å². The molecule has 1 unspecified atom stereocenters. The number of aliphatic imine (C=N–C) groups is 1. The number of aromatic nitrogens is 2. The lowest BCUT2D eigenvalue weighted by Crippen LogP contribution is -2.47. The number of alkyl carbamates (subject to hydrolysis) is 2. The minimum atomic E-state index is -0.899. The highest BCUT2D eigenvalue weighted by molar-refractivity contribution is 5.95. The maximum atomic E-state index is 13.3. The highest BCUT2D eigenvalue weighted by Gasteiger charge is 2.25. The molecule has 14 heteroatoms. The van der Waals surface area contributed by atoms with Crippen molar-refractivity contribution in [3.63, 3.8) is 0 Å². The molecule has 14 nitrogen and oxygen atoms in total. The van der Waals surface area contributed by atoms with E-state index in [0.29, 0.717) is 31.0 Å². The molecule has 1 heterocycles. The van der Waals surface area contributed by atoms with Crippen molar-refractivity contribution < 1.29 is 28.7 Å². The monoisotopic (exact) mass is 794 g/mol. The van der Waals surface area contributed by atoms with Gasteiger partial charge < -0.3 is 35.3 Å². The highest BCUT2D eigenvalue weighted by Crippen LogP contribution is 2.26. The van der Waals surface area contributed by atoms with Gasteiger partial charge in [0.15, 0.2) is 0 Å². The topological polar surface area (TPSA) is 179 Å². The zero-order valence-electron chi connectivity index (χ0n) is 34.7. The maximum Gasteiger partial charge on any atom is 0.408 e. The lowest BCUT2D eigenvalue weighted by Gasteiger charge is -2.23. The first-order valence-electron chi connectivity index (χ1n) is 19.4. The zero-order valence-corrected chi connectivity index (χ0v) is 34.7. The normalized spacial score (nSPS) is 11.5. The number of rotatable bonds is 17. The first-order chi connectivity index (χ1) is 27.8. The number of H-pyrrole nitrogens is 1. The van der Waals surface area contributed by atoms with Crippen LogP contribution in [0.2, 0.25) is 0 Å². The van der Waals surface area contributed by atoms with Crippen LogP contribution in [-0.2, 0) is 25.5 Å². The molecule has 4 aromatic rings. The van der Waals surface area contributed by atoms with Crippen LogP contribution in [-0.4, -0.2) is 90.5 Å². The summed E-state index contributed by atoms with van der Waals surface area (Å²) < 4.78 is 9.93. The molecule has 0 radical (unpaired) electrons. The van der Waals surface area contributed by atoms with Crippen molar-refractivity contribution in [3.8, 4) is 22.4 Å². The van der Waals surface area contributed by atoms with Crippen molar-refractivity contribution in [2.75, 3.05) is 38.6 Å². The van der Waals surface area contributed by atoms with Gasteiger partial charge in [-0.05, 0) is 56.2 Å². The van der Waals surface area contributed by atoms with Crippen LogP contribution in [0.25, 0.3) is 28.1 Å². The predicted molar refractivity (Wildman–Crippen MR) is 230 cm³/mol. The zero-order chi connectivity index (χ0) is 42.5. The standard InChI is InChI=1S/C41H50N8O6.C3H8/c1-7-22-49(36(50)27-45-39(52)54-6)23-21-43-25-34(42-5)31-17-13-29(14-18-31)30-15-19-32(20-16-30)35-26-44-38(46-35)48-37(51)33(24-28-11-9-8-10-12-28)47-40(53)55-41(2,3)4;1-3-2/h8-20,25-26,33,43H,5,7,21-24,27H2,1-4,6H3,(H,45,52)(H,47,53)(H2,44,46,48,51);3H2,1-2H3/b34-25-;. The Hall–Kier alpha value is -6.44. The molecule has 310 valence electrons. The van der Waals surface area contributed by atoms with E-state index in [1.807, 2.05) is 85.8 Å². The molecule has 1 aromatic heterocycles. The Balaban J connectivity index is 0.00000291. The first kappa shape index (κ1) is 45.9. The molecular formula is C44H58N8O6. The number of imidazole rings is 1. The second-order valence-electron chi connectivity index (χ2n) is 14.3. The van der Waals surface area contributed by atoms with Crippen LogP contribution in [0.4, 0.5) is 15.5 Å². The van der Waals surface area contributed by atoms with Gasteiger partial charge in [0.2, 0.25) is 17.8 Å². The van der Waals surface area contributed by atoms with Crippen molar-refractivity contribution in [3.05, 3.63) is 102 Å². The number of anilines is 1. The Morgan fingerprint density at radius 1 is 0.897 bits per heavy atom. The van der Waals surface area contributed by atoms with Crippen LogP contribution >= 0.6 is 0 Å². The van der Waals surface area contributed by atoms with E-state index in [2.05, 4.69) is 61.5 Å². The van der Waals surface area contributed by atoms with Crippen LogP contribution in [0.5, 0.6) is 0 Å². The van der Waals surface area contributed by atoms with Crippen LogP contribution < -0.4 is 21.3 Å². The molecule has 1 atom stereocenters. The van der Waals surface area contributed by atoms with Crippen molar-refractivity contribution in [1.29, 1.82) is 0 Å². The molecule has 58 heavy (non-hydrogen) atoms. The lowest BCUT2D eigenvalue weighted by molar-refractivity contribution is -0.130. The number of hydrogen-bond donors (Lipinski definition) is 5. The van der Waals surface area contributed by atoms with Crippen LogP contribution in [0.15, 0.2) is 96.3 Å². The van der Waals surface area contributed by atoms with Gasteiger partial charge in [0, 0.05) is 37.8 Å². The molecule has 0 bridgehead atoms. The molecule has 0 aliphatic rings. The number of amides is 4. The minimum absolute atomic E-state index is 0.130. The molecule has 0 saturated heterocycles. The fourth-order valence-corrected chi connectivity index (χ4v) is 5.47. The van der Waals surface area contributed by atoms with Gasteiger partial charge in [-0.2, -0.15) is 0 Å². The minimum Gasteiger partial charge on any atom is -0.453 e. The number of nitrogens with one attached hydrogen (secondary N) is 5. The summed E-state index contributed by atoms with van der Waals surface area (Å²) in [6, 6.07) is 24.4. The summed E-state index contributed by atoms with van der Waals surface area (Å²) in [6.45, 7) is 16.6. The van der Waals surface area contributed by atoms with E-state index >= 15 is 0 Å². The van der Waals surface area contributed by atoms with Crippen LogP contribution in [0, 0.1) is 0 Å². The van der Waals surface area contributed by atoms with Gasteiger partial charge >= 0.3 is 12.2 Å². The molecule has 0 aliphatic heterocycles. The third-order valence-corrected chi connectivity index (χ3v) is 8.17. The largest absolute Gasteiger partial charge is 0.453 e. The van der Waals surface area contributed by atoms with E-state index in [1.165, 1.54) is 13.5 Å². The fraction of sp³-hybridized carbons (Fsp3) is 0.364. The number of hydrogen-bond acceptors (Lipinski definition) is 9. The Labute approximate surface area is 341 Å². The van der Waals surface area contributed by atoms with Gasteiger partial charge in [-0.25, -0.2) is 14.6 Å². The van der Waals surface area contributed by atoms with Gasteiger partial charge in [-0.1, -0.05) is 106 Å². The Bertz CT molecular complexity index is 1940. The van der Waals surface area contributed by atoms with Crippen molar-refractivity contribution >= 4 is 42.4 Å². The van der Waals surface area contributed by atoms with E-state index in [0.717, 1.165) is 34.2 Å². The van der Waals surface area contributed by atoms with E-state index in [-0.39, 0.29) is 24.8 Å². The van der Waals surface area contributed by atoms with Crippen molar-refractivity contribution in [2.24, 2.45) is 4.99 Å². The Kier molecular flexibility index (Phi) is 18.7. The fourth-order valence-electron chi connectivity index (χ4n) is 5.47. The molecule has 4 amide bonds. The molecule has 5 N–H and O–H groups in total. The van der Waals surface area contributed by atoms with Crippen LogP contribution in [0.3, 0.4) is 0 Å². The van der Waals surface area contributed by atoms with E-state index < -0.39 is 29.7 Å².